The van der Waals surface area contributed by atoms with Crippen LogP contribution in [0.1, 0.15) is 66.0 Å². The number of fused-ring (bicyclic) bond motifs is 1. The van der Waals surface area contributed by atoms with Crippen molar-refractivity contribution < 1.29 is 15.0 Å². The van der Waals surface area contributed by atoms with E-state index in [0.717, 1.165) is 39.3 Å². The number of imidazole rings is 1. The molecule has 3 aromatic heterocycles. The molecule has 45 heavy (non-hydrogen) atoms. The Morgan fingerprint density at radius 3 is 2.53 bits per heavy atom. The third kappa shape index (κ3) is 6.34. The van der Waals surface area contributed by atoms with Crippen molar-refractivity contribution in [3.05, 3.63) is 89.0 Å². The lowest BCUT2D eigenvalue weighted by molar-refractivity contribution is 0.0242. The van der Waals surface area contributed by atoms with E-state index in [2.05, 4.69) is 22.4 Å². The number of anilines is 1. The van der Waals surface area contributed by atoms with E-state index in [-0.39, 0.29) is 12.5 Å². The molecule has 0 aliphatic rings. The summed E-state index contributed by atoms with van der Waals surface area (Å²) >= 11 is 0. The second-order valence-electron chi connectivity index (χ2n) is 11.7. The Balaban J connectivity index is 1.58. The highest BCUT2D eigenvalue weighted by Crippen LogP contribution is 2.35. The summed E-state index contributed by atoms with van der Waals surface area (Å²) in [5, 5.41) is 29.3. The second kappa shape index (κ2) is 13.2. The molecule has 10 nitrogen and oxygen atoms in total. The number of aromatic nitrogens is 5. The van der Waals surface area contributed by atoms with Crippen LogP contribution < -0.4 is 5.32 Å². The summed E-state index contributed by atoms with van der Waals surface area (Å²) in [6.07, 6.45) is 5.24. The zero-order valence-electron chi connectivity index (χ0n) is 27.0. The minimum Gasteiger partial charge on any atom is -0.396 e. The van der Waals surface area contributed by atoms with Crippen LogP contribution in [0.25, 0.3) is 28.2 Å². The van der Waals surface area contributed by atoms with Crippen LogP contribution in [-0.2, 0) is 19.2 Å². The fourth-order valence-electron chi connectivity index (χ4n) is 5.72. The smallest absolute Gasteiger partial charge is 0.253 e. The number of nitrogens with one attached hydrogen (secondary N) is 1. The highest BCUT2D eigenvalue weighted by Gasteiger charge is 2.29. The van der Waals surface area contributed by atoms with Crippen molar-refractivity contribution in [2.24, 2.45) is 7.05 Å². The quantitative estimate of drug-likeness (QED) is 0.171. The number of aliphatic hydroxyl groups excluding tert-OH is 1. The van der Waals surface area contributed by atoms with Crippen LogP contribution in [0.4, 0.5) is 5.82 Å². The number of hydrogen-bond donors (Lipinski definition) is 3. The molecule has 0 radical (unpaired) electrons. The third-order valence-electron chi connectivity index (χ3n) is 8.65. The molecule has 5 aromatic rings. The number of rotatable bonds is 12. The van der Waals surface area contributed by atoms with Gasteiger partial charge in [-0.1, -0.05) is 44.2 Å². The minimum absolute atomic E-state index is 0.0278. The van der Waals surface area contributed by atoms with Gasteiger partial charge in [0, 0.05) is 68.9 Å². The molecule has 0 saturated heterocycles. The first-order chi connectivity index (χ1) is 21.6. The highest BCUT2D eigenvalue weighted by molar-refractivity contribution is 5.97. The van der Waals surface area contributed by atoms with E-state index in [1.54, 1.807) is 22.7 Å². The lowest BCUT2D eigenvalue weighted by atomic mass is 9.93. The number of benzene rings is 2. The summed E-state index contributed by atoms with van der Waals surface area (Å²) in [4.78, 5) is 24.5. The molecule has 0 unspecified atom stereocenters. The summed E-state index contributed by atoms with van der Waals surface area (Å²) in [7, 11) is 3.73. The van der Waals surface area contributed by atoms with E-state index in [1.807, 2.05) is 81.9 Å². The average Bonchev–Trinajstić information content (AvgIpc) is 3.64. The number of carbonyl (C=O) groups excluding carboxylic acids is 1. The van der Waals surface area contributed by atoms with Gasteiger partial charge >= 0.3 is 0 Å². The molecular weight excluding hydrogens is 566 g/mol. The van der Waals surface area contributed by atoms with Gasteiger partial charge < -0.3 is 25.0 Å². The predicted octanol–water partition coefficient (Wildman–Crippen LogP) is 5.49. The molecule has 0 fully saturated rings. The molecule has 0 spiro atoms. The van der Waals surface area contributed by atoms with Gasteiger partial charge in [0.2, 0.25) is 0 Å². The summed E-state index contributed by atoms with van der Waals surface area (Å²) in [6.45, 7) is 8.78. The third-order valence-corrected chi connectivity index (χ3v) is 8.65. The first-order valence-corrected chi connectivity index (χ1v) is 15.5. The minimum atomic E-state index is -1.12. The number of carbonyl (C=O) groups is 1. The van der Waals surface area contributed by atoms with E-state index in [9.17, 15) is 15.0 Å². The second-order valence-corrected chi connectivity index (χ2v) is 11.7. The summed E-state index contributed by atoms with van der Waals surface area (Å²) in [6, 6.07) is 16.0. The van der Waals surface area contributed by atoms with E-state index in [4.69, 9.17) is 10.1 Å². The maximum atomic E-state index is 13.4. The van der Waals surface area contributed by atoms with Crippen molar-refractivity contribution in [3.63, 3.8) is 0 Å². The SMILES string of the molecule is CCC(O)(CC)c1cc(NCc2cccc(-c3nccn3C)c2)n2nc(C)c(-c3ccc(C)c(C(=O)N(C)CCCO)c3)c2n1. The van der Waals surface area contributed by atoms with E-state index < -0.39 is 5.60 Å². The monoisotopic (exact) mass is 609 g/mol. The Hall–Kier alpha value is -4.54. The number of aliphatic hydroxyl groups is 2. The molecule has 3 heterocycles. The number of nitrogens with zero attached hydrogens (tertiary/aromatic N) is 6. The molecule has 236 valence electrons. The van der Waals surface area contributed by atoms with Crippen LogP contribution >= 0.6 is 0 Å². The molecule has 0 aliphatic heterocycles. The van der Waals surface area contributed by atoms with E-state index in [1.165, 1.54) is 0 Å². The lowest BCUT2D eigenvalue weighted by Gasteiger charge is -2.25. The lowest BCUT2D eigenvalue weighted by Crippen LogP contribution is -2.28. The fourth-order valence-corrected chi connectivity index (χ4v) is 5.72. The van der Waals surface area contributed by atoms with Gasteiger partial charge in [0.1, 0.15) is 17.2 Å². The van der Waals surface area contributed by atoms with Crippen molar-refractivity contribution in [2.45, 2.75) is 59.1 Å². The molecule has 0 saturated carbocycles. The topological polar surface area (TPSA) is 121 Å². The van der Waals surface area contributed by atoms with Crippen molar-refractivity contribution in [1.29, 1.82) is 0 Å². The zero-order chi connectivity index (χ0) is 32.3. The van der Waals surface area contributed by atoms with Crippen LogP contribution in [-0.4, -0.2) is 65.4 Å². The molecular formula is C35H43N7O3. The number of hydrogen-bond acceptors (Lipinski definition) is 7. The van der Waals surface area contributed by atoms with Crippen LogP contribution in [0.15, 0.2) is 60.9 Å². The molecule has 3 N–H and O–H groups in total. The van der Waals surface area contributed by atoms with Gasteiger partial charge in [0.25, 0.3) is 5.91 Å². The fraction of sp³-hybridized carbons (Fsp3) is 0.371. The predicted molar refractivity (Wildman–Crippen MR) is 177 cm³/mol. The summed E-state index contributed by atoms with van der Waals surface area (Å²) in [5.41, 5.74) is 5.98. The van der Waals surface area contributed by atoms with Crippen molar-refractivity contribution in [2.75, 3.05) is 25.5 Å². The molecule has 2 aromatic carbocycles. The first-order valence-electron chi connectivity index (χ1n) is 15.5. The van der Waals surface area contributed by atoms with Gasteiger partial charge in [0.15, 0.2) is 5.65 Å². The van der Waals surface area contributed by atoms with E-state index >= 15 is 0 Å². The van der Waals surface area contributed by atoms with Gasteiger partial charge in [-0.25, -0.2) is 9.97 Å². The highest BCUT2D eigenvalue weighted by atomic mass is 16.3. The first kappa shape index (κ1) is 31.9. The standard InChI is InChI=1S/C35H43N7O3/c1-7-35(45,8-2)29-21-30(37-22-25-11-9-12-27(19-25)32-36-15-17-40(32)5)42-33(38-29)31(24(4)39-42)26-14-13-23(3)28(20-26)34(44)41(6)16-10-18-43/h9,11-15,17,19-21,37,43,45H,7-8,10,16,18,22H2,1-6H3. The maximum Gasteiger partial charge on any atom is 0.253 e. The van der Waals surface area contributed by atoms with Gasteiger partial charge in [-0.05, 0) is 61.9 Å². The molecule has 0 aliphatic carbocycles. The van der Waals surface area contributed by atoms with Crippen LogP contribution in [0.3, 0.4) is 0 Å². The Morgan fingerprint density at radius 2 is 1.84 bits per heavy atom. The van der Waals surface area contributed by atoms with E-state index in [0.29, 0.717) is 55.1 Å². The van der Waals surface area contributed by atoms with Gasteiger partial charge in [-0.2, -0.15) is 9.61 Å². The Kier molecular flexibility index (Phi) is 9.36. The molecule has 10 heteroatoms. The molecule has 5 rings (SSSR count). The zero-order valence-corrected chi connectivity index (χ0v) is 27.0. The Morgan fingerprint density at radius 1 is 1.07 bits per heavy atom. The van der Waals surface area contributed by atoms with Crippen LogP contribution in [0.2, 0.25) is 0 Å². The summed E-state index contributed by atoms with van der Waals surface area (Å²) in [5.74, 6) is 1.50. The molecule has 0 atom stereocenters. The van der Waals surface area contributed by atoms with Gasteiger partial charge in [-0.3, -0.25) is 4.79 Å². The average molecular weight is 610 g/mol. The van der Waals surface area contributed by atoms with Gasteiger partial charge in [-0.15, -0.1) is 0 Å². The largest absolute Gasteiger partial charge is 0.396 e. The molecule has 0 bridgehead atoms. The van der Waals surface area contributed by atoms with Crippen molar-refractivity contribution >= 4 is 17.4 Å². The Labute approximate surface area is 264 Å². The Bertz CT molecular complexity index is 1820. The van der Waals surface area contributed by atoms with Crippen molar-refractivity contribution in [1.82, 2.24) is 29.0 Å². The van der Waals surface area contributed by atoms with Crippen LogP contribution in [0, 0.1) is 13.8 Å². The van der Waals surface area contributed by atoms with Gasteiger partial charge in [0.05, 0.1) is 11.4 Å². The normalized spacial score (nSPS) is 11.7. The van der Waals surface area contributed by atoms with Crippen LogP contribution in [0.5, 0.6) is 0 Å². The molecule has 1 amide bonds. The van der Waals surface area contributed by atoms with Crippen molar-refractivity contribution in [3.8, 4) is 22.5 Å². The number of aryl methyl sites for hydroxylation is 3. The summed E-state index contributed by atoms with van der Waals surface area (Å²) < 4.78 is 3.78. The number of amides is 1. The maximum absolute atomic E-state index is 13.4.